The largest absolute Gasteiger partial charge is 0.482 e. The van der Waals surface area contributed by atoms with Crippen molar-refractivity contribution in [3.05, 3.63) is 66.5 Å². The number of amides is 3. The zero-order chi connectivity index (χ0) is 21.1. The maximum atomic E-state index is 12.4. The molecular formula is C21H19N5O4. The minimum Gasteiger partial charge on any atom is -0.482 e. The summed E-state index contributed by atoms with van der Waals surface area (Å²) in [5, 5.41) is 6.89. The van der Waals surface area contributed by atoms with Crippen molar-refractivity contribution >= 4 is 29.1 Å². The molecule has 0 spiro atoms. The van der Waals surface area contributed by atoms with Crippen molar-refractivity contribution in [2.45, 2.75) is 6.42 Å². The summed E-state index contributed by atoms with van der Waals surface area (Å²) in [6.45, 7) is 0.220. The summed E-state index contributed by atoms with van der Waals surface area (Å²) in [7, 11) is 0. The number of primary amides is 1. The lowest BCUT2D eigenvalue weighted by molar-refractivity contribution is -0.121. The number of para-hydroxylation sites is 2. The molecule has 1 aliphatic heterocycles. The third kappa shape index (κ3) is 4.00. The van der Waals surface area contributed by atoms with Crippen molar-refractivity contribution < 1.29 is 19.1 Å². The van der Waals surface area contributed by atoms with Crippen LogP contribution < -0.4 is 20.7 Å². The van der Waals surface area contributed by atoms with E-state index in [4.69, 9.17) is 10.5 Å². The molecule has 0 unspecified atom stereocenters. The molecule has 3 amide bonds. The number of nitrogens with zero attached hydrogens (tertiary/aromatic N) is 3. The second-order valence-electron chi connectivity index (χ2n) is 6.66. The first-order chi connectivity index (χ1) is 14.5. The van der Waals surface area contributed by atoms with E-state index in [0.29, 0.717) is 17.1 Å². The lowest BCUT2D eigenvalue weighted by Crippen LogP contribution is -2.40. The number of fused-ring (bicyclic) bond motifs is 1. The second-order valence-corrected chi connectivity index (χ2v) is 6.66. The van der Waals surface area contributed by atoms with Crippen molar-refractivity contribution in [2.75, 3.05) is 23.4 Å². The van der Waals surface area contributed by atoms with Gasteiger partial charge in [-0.25, -0.2) is 4.68 Å². The van der Waals surface area contributed by atoms with Gasteiger partial charge < -0.3 is 20.7 Å². The van der Waals surface area contributed by atoms with Gasteiger partial charge in [0.15, 0.2) is 6.61 Å². The van der Waals surface area contributed by atoms with Crippen LogP contribution in [0, 0.1) is 0 Å². The summed E-state index contributed by atoms with van der Waals surface area (Å²) in [6, 6.07) is 15.8. The van der Waals surface area contributed by atoms with Gasteiger partial charge in [0.25, 0.3) is 11.8 Å². The van der Waals surface area contributed by atoms with Crippen LogP contribution in [0.2, 0.25) is 0 Å². The lowest BCUT2D eigenvalue weighted by atomic mass is 10.2. The zero-order valence-corrected chi connectivity index (χ0v) is 15.9. The standard InChI is InChI=1S/C21H19N5O4/c22-21(29)16-9-12-26(24-16)15-7-5-14(6-8-15)23-19(27)10-11-25-17-3-1-2-4-18(17)30-13-20(25)28/h1-9,12H,10-11,13H2,(H2,22,29)(H,23,27). The highest BCUT2D eigenvalue weighted by molar-refractivity contribution is 5.99. The Labute approximate surface area is 172 Å². The highest BCUT2D eigenvalue weighted by atomic mass is 16.5. The number of nitrogens with one attached hydrogen (secondary N) is 1. The van der Waals surface area contributed by atoms with Crippen LogP contribution in [0.1, 0.15) is 16.9 Å². The Morgan fingerprint density at radius 2 is 1.87 bits per heavy atom. The maximum absolute atomic E-state index is 12.4. The second kappa shape index (κ2) is 8.08. The molecule has 2 aromatic carbocycles. The minimum absolute atomic E-state index is 0.0367. The summed E-state index contributed by atoms with van der Waals surface area (Å²) >= 11 is 0. The van der Waals surface area contributed by atoms with E-state index in [0.717, 1.165) is 5.69 Å². The Morgan fingerprint density at radius 3 is 2.60 bits per heavy atom. The monoisotopic (exact) mass is 405 g/mol. The van der Waals surface area contributed by atoms with E-state index < -0.39 is 5.91 Å². The van der Waals surface area contributed by atoms with Crippen molar-refractivity contribution in [3.63, 3.8) is 0 Å². The molecule has 0 fully saturated rings. The topological polar surface area (TPSA) is 120 Å². The van der Waals surface area contributed by atoms with Crippen LogP contribution in [-0.4, -0.2) is 40.7 Å². The first-order valence-electron chi connectivity index (χ1n) is 9.29. The van der Waals surface area contributed by atoms with Crippen LogP contribution in [-0.2, 0) is 9.59 Å². The third-order valence-electron chi connectivity index (χ3n) is 4.63. The van der Waals surface area contributed by atoms with E-state index in [1.807, 2.05) is 12.1 Å². The minimum atomic E-state index is -0.598. The van der Waals surface area contributed by atoms with Gasteiger partial charge in [0.2, 0.25) is 5.91 Å². The normalized spacial score (nSPS) is 12.8. The van der Waals surface area contributed by atoms with Gasteiger partial charge in [-0.3, -0.25) is 14.4 Å². The molecular weight excluding hydrogens is 386 g/mol. The molecule has 9 heteroatoms. The average Bonchev–Trinajstić information content (AvgIpc) is 3.24. The predicted octanol–water partition coefficient (Wildman–Crippen LogP) is 1.73. The van der Waals surface area contributed by atoms with Crippen LogP contribution in [0.15, 0.2) is 60.8 Å². The van der Waals surface area contributed by atoms with Crippen molar-refractivity contribution in [1.29, 1.82) is 0 Å². The first kappa shape index (κ1) is 19.2. The molecule has 9 nitrogen and oxygen atoms in total. The smallest absolute Gasteiger partial charge is 0.269 e. The molecule has 0 aliphatic carbocycles. The Hall–Kier alpha value is -4.14. The van der Waals surface area contributed by atoms with Gasteiger partial charge >= 0.3 is 0 Å². The molecule has 3 aromatic rings. The number of anilines is 2. The van der Waals surface area contributed by atoms with E-state index >= 15 is 0 Å². The molecule has 0 saturated carbocycles. The van der Waals surface area contributed by atoms with E-state index in [1.165, 1.54) is 10.7 Å². The molecule has 2 heterocycles. The van der Waals surface area contributed by atoms with Crippen molar-refractivity contribution in [3.8, 4) is 11.4 Å². The molecule has 3 N–H and O–H groups in total. The van der Waals surface area contributed by atoms with Gasteiger partial charge in [-0.1, -0.05) is 12.1 Å². The van der Waals surface area contributed by atoms with Gasteiger partial charge in [0, 0.05) is 24.8 Å². The number of ether oxygens (including phenoxy) is 1. The molecule has 0 bridgehead atoms. The van der Waals surface area contributed by atoms with E-state index in [9.17, 15) is 14.4 Å². The molecule has 30 heavy (non-hydrogen) atoms. The molecule has 1 aromatic heterocycles. The molecule has 4 rings (SSSR count). The van der Waals surface area contributed by atoms with E-state index in [-0.39, 0.29) is 37.1 Å². The number of rotatable bonds is 6. The number of carbonyl (C=O) groups excluding carboxylic acids is 3. The number of benzene rings is 2. The molecule has 0 saturated heterocycles. The van der Waals surface area contributed by atoms with Gasteiger partial charge in [0.1, 0.15) is 11.4 Å². The van der Waals surface area contributed by atoms with Crippen LogP contribution >= 0.6 is 0 Å². The summed E-state index contributed by atoms with van der Waals surface area (Å²) in [4.78, 5) is 37.3. The third-order valence-corrected chi connectivity index (χ3v) is 4.63. The molecule has 1 aliphatic rings. The van der Waals surface area contributed by atoms with E-state index in [1.54, 1.807) is 47.5 Å². The Bertz CT molecular complexity index is 1110. The molecule has 152 valence electrons. The van der Waals surface area contributed by atoms with Crippen LogP contribution in [0.4, 0.5) is 11.4 Å². The summed E-state index contributed by atoms with van der Waals surface area (Å²) in [5.74, 6) is -0.361. The number of aromatic nitrogens is 2. The fourth-order valence-electron chi connectivity index (χ4n) is 3.13. The fraction of sp³-hybridized carbons (Fsp3) is 0.143. The van der Waals surface area contributed by atoms with Crippen molar-refractivity contribution in [1.82, 2.24) is 9.78 Å². The number of carbonyl (C=O) groups is 3. The van der Waals surface area contributed by atoms with Crippen LogP contribution in [0.3, 0.4) is 0 Å². The summed E-state index contributed by atoms with van der Waals surface area (Å²) in [6.07, 6.45) is 1.77. The Morgan fingerprint density at radius 1 is 1.10 bits per heavy atom. The first-order valence-corrected chi connectivity index (χ1v) is 9.29. The molecule has 0 radical (unpaired) electrons. The highest BCUT2D eigenvalue weighted by Crippen LogP contribution is 2.31. The summed E-state index contributed by atoms with van der Waals surface area (Å²) < 4.78 is 6.93. The number of hydrogen-bond donors (Lipinski definition) is 2. The maximum Gasteiger partial charge on any atom is 0.269 e. The van der Waals surface area contributed by atoms with Crippen molar-refractivity contribution in [2.24, 2.45) is 5.73 Å². The van der Waals surface area contributed by atoms with Gasteiger partial charge in [-0.2, -0.15) is 5.10 Å². The average molecular weight is 405 g/mol. The van der Waals surface area contributed by atoms with Crippen LogP contribution in [0.25, 0.3) is 5.69 Å². The Kier molecular flexibility index (Phi) is 5.17. The Balaban J connectivity index is 1.36. The zero-order valence-electron chi connectivity index (χ0n) is 15.9. The summed E-state index contributed by atoms with van der Waals surface area (Å²) in [5.41, 5.74) is 7.38. The highest BCUT2D eigenvalue weighted by Gasteiger charge is 2.25. The van der Waals surface area contributed by atoms with Gasteiger partial charge in [-0.05, 0) is 42.5 Å². The fourth-order valence-corrected chi connectivity index (χ4v) is 3.13. The van der Waals surface area contributed by atoms with E-state index in [2.05, 4.69) is 10.4 Å². The van der Waals surface area contributed by atoms with Crippen LogP contribution in [0.5, 0.6) is 5.75 Å². The van der Waals surface area contributed by atoms with Gasteiger partial charge in [0.05, 0.1) is 11.4 Å². The predicted molar refractivity (Wildman–Crippen MR) is 110 cm³/mol. The molecule has 0 atom stereocenters. The lowest BCUT2D eigenvalue weighted by Gasteiger charge is -2.29. The SMILES string of the molecule is NC(=O)c1ccn(-c2ccc(NC(=O)CCN3C(=O)COc4ccccc43)cc2)n1. The quantitative estimate of drug-likeness (QED) is 0.647. The number of nitrogens with two attached hydrogens (primary N) is 1. The van der Waals surface area contributed by atoms with Gasteiger partial charge in [-0.15, -0.1) is 0 Å². The number of hydrogen-bond acceptors (Lipinski definition) is 5.